The first-order valence-corrected chi connectivity index (χ1v) is 5.72. The summed E-state index contributed by atoms with van der Waals surface area (Å²) in [6, 6.07) is 0. The van der Waals surface area contributed by atoms with Crippen LogP contribution in [0.25, 0.3) is 0 Å². The minimum atomic E-state index is -1.32. The van der Waals surface area contributed by atoms with Crippen LogP contribution in [0.15, 0.2) is 25.3 Å². The molecule has 1 heterocycles. The van der Waals surface area contributed by atoms with Crippen molar-refractivity contribution in [2.45, 2.75) is 30.7 Å². The smallest absolute Gasteiger partial charge is 0.184 e. The minimum absolute atomic E-state index is 0.0511. The van der Waals surface area contributed by atoms with Crippen LogP contribution in [0.4, 0.5) is 0 Å². The van der Waals surface area contributed by atoms with Gasteiger partial charge >= 0.3 is 0 Å². The molecule has 0 saturated carbocycles. The van der Waals surface area contributed by atoms with E-state index in [2.05, 4.69) is 13.2 Å². The maximum Gasteiger partial charge on any atom is 0.184 e. The molecule has 0 bridgehead atoms. The molecule has 0 aliphatic carbocycles. The number of hydrogen-bond donors (Lipinski definition) is 3. The van der Waals surface area contributed by atoms with Gasteiger partial charge in [0.05, 0.1) is 19.8 Å². The Hall–Kier alpha value is -0.760. The zero-order valence-electron chi connectivity index (χ0n) is 10.1. The zero-order chi connectivity index (χ0) is 13.5. The first kappa shape index (κ1) is 15.3. The maximum atomic E-state index is 9.84. The molecule has 6 heteroatoms. The van der Waals surface area contributed by atoms with Gasteiger partial charge in [-0.3, -0.25) is 0 Å². The van der Waals surface area contributed by atoms with Gasteiger partial charge in [-0.15, -0.1) is 13.2 Å². The Morgan fingerprint density at radius 2 is 1.72 bits per heavy atom. The van der Waals surface area contributed by atoms with Gasteiger partial charge in [0.1, 0.15) is 24.4 Å². The molecular formula is C12H20O6. The van der Waals surface area contributed by atoms with Crippen LogP contribution < -0.4 is 0 Å². The van der Waals surface area contributed by atoms with Gasteiger partial charge in [-0.05, 0) is 0 Å². The van der Waals surface area contributed by atoms with E-state index in [1.165, 1.54) is 6.08 Å². The molecule has 1 fully saturated rings. The van der Waals surface area contributed by atoms with Gasteiger partial charge in [0, 0.05) is 0 Å². The molecule has 6 nitrogen and oxygen atoms in total. The lowest BCUT2D eigenvalue weighted by molar-refractivity contribution is -0.296. The molecule has 0 aromatic rings. The van der Waals surface area contributed by atoms with Crippen LogP contribution in [0, 0.1) is 0 Å². The normalized spacial score (nSPS) is 36.3. The van der Waals surface area contributed by atoms with Crippen molar-refractivity contribution in [3.63, 3.8) is 0 Å². The fraction of sp³-hybridized carbons (Fsp3) is 0.667. The minimum Gasteiger partial charge on any atom is -0.387 e. The highest BCUT2D eigenvalue weighted by atomic mass is 16.7. The topological polar surface area (TPSA) is 88.4 Å². The van der Waals surface area contributed by atoms with Crippen molar-refractivity contribution in [2.24, 2.45) is 0 Å². The first-order chi connectivity index (χ1) is 8.61. The zero-order valence-corrected chi connectivity index (χ0v) is 10.1. The Morgan fingerprint density at radius 1 is 1.06 bits per heavy atom. The SMILES string of the molecule is C=CCOC[C@H]1O[C@H](O)[C@H](OCC=C)[C@@H](O)[C@H]1O. The largest absolute Gasteiger partial charge is 0.387 e. The second kappa shape index (κ2) is 7.63. The molecule has 0 aromatic carbocycles. The first-order valence-electron chi connectivity index (χ1n) is 5.72. The summed E-state index contributed by atoms with van der Waals surface area (Å²) in [6.45, 7) is 7.44. The summed E-state index contributed by atoms with van der Waals surface area (Å²) in [5.74, 6) is 0. The van der Waals surface area contributed by atoms with Crippen molar-refractivity contribution >= 4 is 0 Å². The molecule has 18 heavy (non-hydrogen) atoms. The lowest BCUT2D eigenvalue weighted by Gasteiger charge is -2.40. The number of ether oxygens (including phenoxy) is 3. The van der Waals surface area contributed by atoms with Gasteiger partial charge in [-0.25, -0.2) is 0 Å². The van der Waals surface area contributed by atoms with Crippen molar-refractivity contribution in [1.82, 2.24) is 0 Å². The molecule has 0 unspecified atom stereocenters. The average molecular weight is 260 g/mol. The quantitative estimate of drug-likeness (QED) is 0.410. The molecule has 1 rings (SSSR count). The third kappa shape index (κ3) is 3.88. The number of hydrogen-bond acceptors (Lipinski definition) is 6. The predicted molar refractivity (Wildman–Crippen MR) is 63.8 cm³/mol. The van der Waals surface area contributed by atoms with Crippen molar-refractivity contribution in [1.29, 1.82) is 0 Å². The van der Waals surface area contributed by atoms with E-state index in [0.29, 0.717) is 6.61 Å². The van der Waals surface area contributed by atoms with Crippen LogP contribution in [-0.2, 0) is 14.2 Å². The Kier molecular flexibility index (Phi) is 6.48. The van der Waals surface area contributed by atoms with E-state index in [-0.39, 0.29) is 13.2 Å². The van der Waals surface area contributed by atoms with E-state index in [1.807, 2.05) is 0 Å². The molecule has 0 aromatic heterocycles. The Labute approximate surface area is 106 Å². The van der Waals surface area contributed by atoms with Crippen LogP contribution >= 0.6 is 0 Å². The highest BCUT2D eigenvalue weighted by Crippen LogP contribution is 2.22. The second-order valence-electron chi connectivity index (χ2n) is 3.96. The van der Waals surface area contributed by atoms with Gasteiger partial charge < -0.3 is 29.5 Å². The van der Waals surface area contributed by atoms with E-state index in [0.717, 1.165) is 0 Å². The van der Waals surface area contributed by atoms with Gasteiger partial charge in [-0.2, -0.15) is 0 Å². The Bertz CT molecular complexity index is 267. The fourth-order valence-electron chi connectivity index (χ4n) is 1.69. The lowest BCUT2D eigenvalue weighted by atomic mass is 9.99. The van der Waals surface area contributed by atoms with E-state index in [1.54, 1.807) is 6.08 Å². The summed E-state index contributed by atoms with van der Waals surface area (Å²) in [4.78, 5) is 0. The lowest BCUT2D eigenvalue weighted by Crippen LogP contribution is -2.59. The van der Waals surface area contributed by atoms with Crippen LogP contribution in [0.3, 0.4) is 0 Å². The van der Waals surface area contributed by atoms with Crippen LogP contribution in [0.2, 0.25) is 0 Å². The molecule has 1 aliphatic rings. The van der Waals surface area contributed by atoms with E-state index in [4.69, 9.17) is 14.2 Å². The van der Waals surface area contributed by atoms with Crippen LogP contribution in [0.5, 0.6) is 0 Å². The fourth-order valence-corrected chi connectivity index (χ4v) is 1.69. The van der Waals surface area contributed by atoms with Gasteiger partial charge in [0.2, 0.25) is 0 Å². The van der Waals surface area contributed by atoms with E-state index >= 15 is 0 Å². The van der Waals surface area contributed by atoms with Crippen LogP contribution in [0.1, 0.15) is 0 Å². The number of rotatable bonds is 7. The number of aliphatic hydroxyl groups is 3. The average Bonchev–Trinajstić information content (AvgIpc) is 2.35. The summed E-state index contributed by atoms with van der Waals surface area (Å²) < 4.78 is 15.4. The molecule has 1 saturated heterocycles. The summed E-state index contributed by atoms with van der Waals surface area (Å²) >= 11 is 0. The summed E-state index contributed by atoms with van der Waals surface area (Å²) in [6.07, 6.45) is -2.53. The second-order valence-corrected chi connectivity index (χ2v) is 3.96. The molecule has 0 amide bonds. The predicted octanol–water partition coefficient (Wildman–Crippen LogP) is -0.801. The third-order valence-corrected chi connectivity index (χ3v) is 2.59. The van der Waals surface area contributed by atoms with Gasteiger partial charge in [0.25, 0.3) is 0 Å². The standard InChI is InChI=1S/C12H20O6/c1-3-5-16-7-8-9(13)10(14)11(12(15)18-8)17-6-4-2/h3-4,8-15H,1-2,5-7H2/t8-,9+,10+,11-,12+/m1/s1. The Balaban J connectivity index is 2.52. The maximum absolute atomic E-state index is 9.84. The van der Waals surface area contributed by atoms with E-state index < -0.39 is 30.7 Å². The molecular weight excluding hydrogens is 240 g/mol. The summed E-state index contributed by atoms with van der Waals surface area (Å²) in [7, 11) is 0. The monoisotopic (exact) mass is 260 g/mol. The highest BCUT2D eigenvalue weighted by Gasteiger charge is 2.44. The van der Waals surface area contributed by atoms with Crippen molar-refractivity contribution in [2.75, 3.05) is 19.8 Å². The molecule has 1 aliphatic heterocycles. The molecule has 5 atom stereocenters. The summed E-state index contributed by atoms with van der Waals surface area (Å²) in [5, 5.41) is 29.3. The number of aliphatic hydroxyl groups excluding tert-OH is 3. The van der Waals surface area contributed by atoms with Gasteiger partial charge in [-0.1, -0.05) is 12.2 Å². The molecule has 104 valence electrons. The van der Waals surface area contributed by atoms with Crippen molar-refractivity contribution in [3.05, 3.63) is 25.3 Å². The van der Waals surface area contributed by atoms with Gasteiger partial charge in [0.15, 0.2) is 6.29 Å². The highest BCUT2D eigenvalue weighted by molar-refractivity contribution is 4.90. The van der Waals surface area contributed by atoms with Crippen molar-refractivity contribution < 1.29 is 29.5 Å². The molecule has 0 spiro atoms. The Morgan fingerprint density at radius 3 is 2.33 bits per heavy atom. The van der Waals surface area contributed by atoms with Crippen LogP contribution in [-0.4, -0.2) is 65.8 Å². The summed E-state index contributed by atoms with van der Waals surface area (Å²) in [5.41, 5.74) is 0. The third-order valence-electron chi connectivity index (χ3n) is 2.59. The molecule has 0 radical (unpaired) electrons. The van der Waals surface area contributed by atoms with E-state index in [9.17, 15) is 15.3 Å². The van der Waals surface area contributed by atoms with Crippen molar-refractivity contribution in [3.8, 4) is 0 Å². The molecule has 3 N–H and O–H groups in total.